The molecule has 154 valence electrons. The monoisotopic (exact) mass is 492 g/mol. The summed E-state index contributed by atoms with van der Waals surface area (Å²) in [5.74, 6) is 1.49. The van der Waals surface area contributed by atoms with E-state index in [1.165, 1.54) is 0 Å². The van der Waals surface area contributed by atoms with Crippen molar-refractivity contribution in [3.8, 4) is 5.75 Å². The van der Waals surface area contributed by atoms with Gasteiger partial charge in [0.05, 0.1) is 7.11 Å². The van der Waals surface area contributed by atoms with E-state index in [1.807, 2.05) is 52.0 Å². The first kappa shape index (κ1) is 25.3. The Labute approximate surface area is 179 Å². The number of likely N-dealkylation sites (N-methyl/N-ethyl adjacent to an activating group) is 1. The van der Waals surface area contributed by atoms with Gasteiger partial charge in [0.1, 0.15) is 11.4 Å². The fourth-order valence-corrected chi connectivity index (χ4v) is 2.26. The van der Waals surface area contributed by atoms with Crippen LogP contribution in [0.5, 0.6) is 5.75 Å². The maximum Gasteiger partial charge on any atom is 0.410 e. The molecule has 1 aromatic rings. The van der Waals surface area contributed by atoms with Gasteiger partial charge >= 0.3 is 6.09 Å². The SMILES string of the molecule is CCN(CCNC(=NC)NCc1ccccc1OC)C(=O)OC(C)(C)C.I. The molecule has 0 spiro atoms. The van der Waals surface area contributed by atoms with Crippen molar-refractivity contribution in [2.24, 2.45) is 4.99 Å². The van der Waals surface area contributed by atoms with Gasteiger partial charge in [-0.2, -0.15) is 0 Å². The van der Waals surface area contributed by atoms with Crippen LogP contribution >= 0.6 is 24.0 Å². The van der Waals surface area contributed by atoms with Crippen LogP contribution in [0.15, 0.2) is 29.3 Å². The summed E-state index contributed by atoms with van der Waals surface area (Å²) in [4.78, 5) is 18.0. The first-order valence-electron chi connectivity index (χ1n) is 8.85. The molecule has 0 saturated carbocycles. The van der Waals surface area contributed by atoms with E-state index in [4.69, 9.17) is 9.47 Å². The number of carbonyl (C=O) groups excluding carboxylic acids is 1. The van der Waals surface area contributed by atoms with Crippen LogP contribution in [0.3, 0.4) is 0 Å². The molecule has 0 aromatic heterocycles. The summed E-state index contributed by atoms with van der Waals surface area (Å²) in [5.41, 5.74) is 0.548. The van der Waals surface area contributed by atoms with Crippen molar-refractivity contribution in [3.05, 3.63) is 29.8 Å². The van der Waals surface area contributed by atoms with Crippen LogP contribution in [-0.2, 0) is 11.3 Å². The van der Waals surface area contributed by atoms with Gasteiger partial charge in [0.15, 0.2) is 5.96 Å². The second-order valence-corrected chi connectivity index (χ2v) is 6.72. The van der Waals surface area contributed by atoms with Gasteiger partial charge < -0.3 is 25.0 Å². The zero-order valence-corrected chi connectivity index (χ0v) is 19.5. The summed E-state index contributed by atoms with van der Waals surface area (Å²) in [6.07, 6.45) is -0.307. The second-order valence-electron chi connectivity index (χ2n) is 6.72. The molecule has 7 nitrogen and oxygen atoms in total. The van der Waals surface area contributed by atoms with Crippen molar-refractivity contribution in [3.63, 3.8) is 0 Å². The van der Waals surface area contributed by atoms with Crippen LogP contribution in [0.2, 0.25) is 0 Å². The molecule has 0 atom stereocenters. The fraction of sp³-hybridized carbons (Fsp3) is 0.579. The van der Waals surface area contributed by atoms with Crippen LogP contribution < -0.4 is 15.4 Å². The topological polar surface area (TPSA) is 75.2 Å². The zero-order valence-electron chi connectivity index (χ0n) is 17.2. The number of rotatable bonds is 7. The third-order valence-corrected chi connectivity index (χ3v) is 3.57. The average molecular weight is 492 g/mol. The van der Waals surface area contributed by atoms with Crippen molar-refractivity contribution >= 4 is 36.0 Å². The largest absolute Gasteiger partial charge is 0.496 e. The molecule has 0 radical (unpaired) electrons. The number of benzene rings is 1. The van der Waals surface area contributed by atoms with Crippen LogP contribution in [-0.4, -0.2) is 56.3 Å². The van der Waals surface area contributed by atoms with Gasteiger partial charge in [-0.05, 0) is 33.8 Å². The van der Waals surface area contributed by atoms with E-state index in [2.05, 4.69) is 15.6 Å². The predicted molar refractivity (Wildman–Crippen MR) is 120 cm³/mol. The van der Waals surface area contributed by atoms with E-state index < -0.39 is 5.60 Å². The fourth-order valence-electron chi connectivity index (χ4n) is 2.26. The Kier molecular flexibility index (Phi) is 11.8. The quantitative estimate of drug-likeness (QED) is 0.348. The summed E-state index contributed by atoms with van der Waals surface area (Å²) < 4.78 is 10.8. The first-order valence-corrected chi connectivity index (χ1v) is 8.85. The zero-order chi connectivity index (χ0) is 19.6. The Bertz CT molecular complexity index is 603. The number of hydrogen-bond donors (Lipinski definition) is 2. The van der Waals surface area contributed by atoms with Gasteiger partial charge in [-0.3, -0.25) is 4.99 Å². The van der Waals surface area contributed by atoms with Gasteiger partial charge in [0.25, 0.3) is 0 Å². The summed E-state index contributed by atoms with van der Waals surface area (Å²) in [5, 5.41) is 6.45. The van der Waals surface area contributed by atoms with Gasteiger partial charge in [-0.1, -0.05) is 18.2 Å². The summed E-state index contributed by atoms with van der Waals surface area (Å²) >= 11 is 0. The highest BCUT2D eigenvalue weighted by molar-refractivity contribution is 14.0. The number of hydrogen-bond acceptors (Lipinski definition) is 4. The van der Waals surface area contributed by atoms with E-state index in [-0.39, 0.29) is 30.1 Å². The molecule has 0 aliphatic carbocycles. The summed E-state index contributed by atoms with van der Waals surface area (Å²) in [6.45, 7) is 9.79. The van der Waals surface area contributed by atoms with E-state index in [1.54, 1.807) is 19.1 Å². The molecule has 0 fully saturated rings. The van der Waals surface area contributed by atoms with E-state index in [0.29, 0.717) is 32.1 Å². The Morgan fingerprint density at radius 2 is 1.89 bits per heavy atom. The lowest BCUT2D eigenvalue weighted by Gasteiger charge is -2.26. The number of nitrogens with zero attached hydrogens (tertiary/aromatic N) is 2. The molecule has 0 unspecified atom stereocenters. The molecule has 1 rings (SSSR count). The molecule has 27 heavy (non-hydrogen) atoms. The molecule has 1 aromatic carbocycles. The van der Waals surface area contributed by atoms with E-state index in [9.17, 15) is 4.79 Å². The normalized spacial score (nSPS) is 11.3. The minimum Gasteiger partial charge on any atom is -0.496 e. The second kappa shape index (κ2) is 12.6. The highest BCUT2D eigenvalue weighted by Crippen LogP contribution is 2.16. The van der Waals surface area contributed by atoms with Crippen LogP contribution in [0.1, 0.15) is 33.3 Å². The van der Waals surface area contributed by atoms with Gasteiger partial charge in [0.2, 0.25) is 0 Å². The number of halogens is 1. The van der Waals surface area contributed by atoms with Gasteiger partial charge in [-0.25, -0.2) is 4.79 Å². The Morgan fingerprint density at radius 3 is 2.44 bits per heavy atom. The Balaban J connectivity index is 0.00000676. The maximum absolute atomic E-state index is 12.1. The number of para-hydroxylation sites is 1. The molecular formula is C19H33IN4O3. The number of amides is 1. The van der Waals surface area contributed by atoms with Crippen LogP contribution in [0.4, 0.5) is 4.79 Å². The summed E-state index contributed by atoms with van der Waals surface area (Å²) in [7, 11) is 3.37. The molecule has 0 heterocycles. The van der Waals surface area contributed by atoms with Crippen LogP contribution in [0, 0.1) is 0 Å². The molecule has 1 amide bonds. The van der Waals surface area contributed by atoms with Gasteiger partial charge in [-0.15, -0.1) is 24.0 Å². The molecule has 0 aliphatic heterocycles. The predicted octanol–water partition coefficient (Wildman–Crippen LogP) is 3.24. The number of aliphatic imine (C=N–C) groups is 1. The minimum absolute atomic E-state index is 0. The summed E-state index contributed by atoms with van der Waals surface area (Å²) in [6, 6.07) is 7.83. The lowest BCUT2D eigenvalue weighted by atomic mass is 10.2. The third-order valence-electron chi connectivity index (χ3n) is 3.57. The number of methoxy groups -OCH3 is 1. The first-order chi connectivity index (χ1) is 12.3. The average Bonchev–Trinajstić information content (AvgIpc) is 2.59. The molecule has 0 bridgehead atoms. The molecular weight excluding hydrogens is 459 g/mol. The Morgan fingerprint density at radius 1 is 1.22 bits per heavy atom. The number of nitrogens with one attached hydrogen (secondary N) is 2. The third kappa shape index (κ3) is 9.69. The number of guanidine groups is 1. The Hall–Kier alpha value is -1.71. The van der Waals surface area contributed by atoms with Crippen molar-refractivity contribution in [1.82, 2.24) is 15.5 Å². The minimum atomic E-state index is -0.496. The van der Waals surface area contributed by atoms with Gasteiger partial charge in [0, 0.05) is 38.8 Å². The number of carbonyl (C=O) groups is 1. The molecule has 2 N–H and O–H groups in total. The highest BCUT2D eigenvalue weighted by Gasteiger charge is 2.20. The van der Waals surface area contributed by atoms with Crippen LogP contribution in [0.25, 0.3) is 0 Å². The molecule has 8 heteroatoms. The van der Waals surface area contributed by atoms with E-state index >= 15 is 0 Å². The lowest BCUT2D eigenvalue weighted by Crippen LogP contribution is -2.44. The van der Waals surface area contributed by atoms with Crippen molar-refractivity contribution < 1.29 is 14.3 Å². The van der Waals surface area contributed by atoms with Crippen molar-refractivity contribution in [2.75, 3.05) is 33.8 Å². The van der Waals surface area contributed by atoms with Crippen molar-refractivity contribution in [2.45, 2.75) is 39.8 Å². The maximum atomic E-state index is 12.1. The standard InChI is InChI=1S/C19H32N4O3.HI/c1-7-23(18(24)26-19(2,3)4)13-12-21-17(20-5)22-14-15-10-8-9-11-16(15)25-6;/h8-11H,7,12-14H2,1-6H3,(H2,20,21,22);1H. The number of ether oxygens (including phenoxy) is 2. The van der Waals surface area contributed by atoms with E-state index in [0.717, 1.165) is 11.3 Å². The highest BCUT2D eigenvalue weighted by atomic mass is 127. The van der Waals surface area contributed by atoms with Crippen molar-refractivity contribution in [1.29, 1.82) is 0 Å². The molecule has 0 aliphatic rings. The lowest BCUT2D eigenvalue weighted by molar-refractivity contribution is 0.0264. The smallest absolute Gasteiger partial charge is 0.410 e. The molecule has 0 saturated heterocycles.